The summed E-state index contributed by atoms with van der Waals surface area (Å²) in [7, 11) is 1.98. The Morgan fingerprint density at radius 2 is 1.89 bits per heavy atom. The Morgan fingerprint density at radius 3 is 2.68 bits per heavy atom. The minimum atomic E-state index is 0.145. The summed E-state index contributed by atoms with van der Waals surface area (Å²) >= 11 is 6.12. The van der Waals surface area contributed by atoms with Crippen molar-refractivity contribution in [3.63, 3.8) is 0 Å². The van der Waals surface area contributed by atoms with E-state index >= 15 is 0 Å². The summed E-state index contributed by atoms with van der Waals surface area (Å²) in [6.45, 7) is 6.63. The van der Waals surface area contributed by atoms with Crippen molar-refractivity contribution < 1.29 is 4.79 Å². The van der Waals surface area contributed by atoms with E-state index in [4.69, 9.17) is 11.6 Å². The number of nitrogens with zero attached hydrogens (tertiary/aromatic N) is 4. The Labute approximate surface area is 171 Å². The molecular weight excluding hydrogens is 372 g/mol. The molecule has 6 heteroatoms. The lowest BCUT2D eigenvalue weighted by Crippen LogP contribution is -2.47. The van der Waals surface area contributed by atoms with Crippen molar-refractivity contribution in [3.05, 3.63) is 58.9 Å². The molecule has 0 aliphatic carbocycles. The third-order valence-corrected chi connectivity index (χ3v) is 5.92. The fourth-order valence-corrected chi connectivity index (χ4v) is 4.24. The third-order valence-electron chi connectivity index (χ3n) is 5.69. The number of benzene rings is 1. The van der Waals surface area contributed by atoms with E-state index in [9.17, 15) is 4.79 Å². The summed E-state index contributed by atoms with van der Waals surface area (Å²) < 4.78 is 2.01. The molecule has 1 fully saturated rings. The Hall–Kier alpha value is -2.24. The molecule has 2 aromatic rings. The fourth-order valence-electron chi connectivity index (χ4n) is 4.06. The first-order valence-corrected chi connectivity index (χ1v) is 10.3. The molecule has 0 spiro atoms. The lowest BCUT2D eigenvalue weighted by Gasteiger charge is -2.36. The van der Waals surface area contributed by atoms with Gasteiger partial charge in [0, 0.05) is 63.2 Å². The van der Waals surface area contributed by atoms with E-state index < -0.39 is 0 Å². The zero-order valence-electron chi connectivity index (χ0n) is 16.4. The molecule has 2 aliphatic rings. The number of carbonyl (C=O) groups excluding carboxylic acids is 1. The molecule has 2 aliphatic heterocycles. The number of amides is 1. The van der Waals surface area contributed by atoms with Crippen LogP contribution in [0, 0.1) is 0 Å². The number of hydrogen-bond donors (Lipinski definition) is 0. The lowest BCUT2D eigenvalue weighted by molar-refractivity contribution is 0.0768. The first kappa shape index (κ1) is 19.1. The molecule has 3 heterocycles. The maximum atomic E-state index is 12.8. The molecular formula is C22H27ClN4O. The first-order valence-electron chi connectivity index (χ1n) is 9.96. The van der Waals surface area contributed by atoms with Crippen LogP contribution in [0.5, 0.6) is 0 Å². The molecule has 1 amide bonds. The van der Waals surface area contributed by atoms with Gasteiger partial charge in [-0.25, -0.2) is 0 Å². The highest BCUT2D eigenvalue weighted by Gasteiger charge is 2.22. The van der Waals surface area contributed by atoms with Crippen molar-refractivity contribution in [2.75, 3.05) is 50.7 Å². The second kappa shape index (κ2) is 8.41. The van der Waals surface area contributed by atoms with Crippen molar-refractivity contribution in [1.29, 1.82) is 0 Å². The molecule has 0 N–H and O–H groups in total. The highest BCUT2D eigenvalue weighted by Crippen LogP contribution is 2.21. The van der Waals surface area contributed by atoms with Gasteiger partial charge < -0.3 is 14.4 Å². The molecule has 0 atom stereocenters. The monoisotopic (exact) mass is 398 g/mol. The van der Waals surface area contributed by atoms with Gasteiger partial charge in [-0.2, -0.15) is 0 Å². The average molecular weight is 399 g/mol. The van der Waals surface area contributed by atoms with Gasteiger partial charge >= 0.3 is 0 Å². The van der Waals surface area contributed by atoms with Gasteiger partial charge in [0.2, 0.25) is 0 Å². The summed E-state index contributed by atoms with van der Waals surface area (Å²) in [5.41, 5.74) is 3.02. The molecule has 148 valence electrons. The zero-order valence-corrected chi connectivity index (χ0v) is 17.1. The van der Waals surface area contributed by atoms with Crippen LogP contribution in [0.15, 0.2) is 42.6 Å². The molecule has 28 heavy (non-hydrogen) atoms. The highest BCUT2D eigenvalue weighted by molar-refractivity contribution is 6.30. The van der Waals surface area contributed by atoms with Crippen LogP contribution in [-0.2, 0) is 7.05 Å². The molecule has 0 radical (unpaired) electrons. The smallest absolute Gasteiger partial charge is 0.256 e. The van der Waals surface area contributed by atoms with Crippen LogP contribution in [0.4, 0.5) is 5.69 Å². The Kier molecular flexibility index (Phi) is 5.74. The molecule has 0 saturated carbocycles. The van der Waals surface area contributed by atoms with Gasteiger partial charge in [-0.1, -0.05) is 23.7 Å². The highest BCUT2D eigenvalue weighted by atomic mass is 35.5. The number of rotatable bonds is 5. The van der Waals surface area contributed by atoms with Crippen molar-refractivity contribution in [3.8, 4) is 0 Å². The molecule has 0 unspecified atom stereocenters. The molecule has 1 aromatic heterocycles. The molecule has 0 bridgehead atoms. The number of aryl methyl sites for hydroxylation is 1. The van der Waals surface area contributed by atoms with Crippen LogP contribution < -0.4 is 4.90 Å². The minimum Gasteiger partial charge on any atom is -0.369 e. The Balaban J connectivity index is 1.25. The van der Waals surface area contributed by atoms with Crippen LogP contribution in [0.25, 0.3) is 6.08 Å². The number of halogens is 1. The normalized spacial score (nSPS) is 17.7. The summed E-state index contributed by atoms with van der Waals surface area (Å²) in [6, 6.07) is 10.0. The van der Waals surface area contributed by atoms with Crippen LogP contribution >= 0.6 is 11.6 Å². The summed E-state index contributed by atoms with van der Waals surface area (Å²) in [6.07, 6.45) is 7.10. The zero-order chi connectivity index (χ0) is 19.5. The Morgan fingerprint density at radius 1 is 1.07 bits per heavy atom. The lowest BCUT2D eigenvalue weighted by atomic mass is 10.2. The predicted octanol–water partition coefficient (Wildman–Crippen LogP) is 3.36. The van der Waals surface area contributed by atoms with Crippen molar-refractivity contribution in [1.82, 2.24) is 14.4 Å². The third kappa shape index (κ3) is 4.10. The average Bonchev–Trinajstić information content (AvgIpc) is 2.99. The second-order valence-electron chi connectivity index (χ2n) is 7.54. The Bertz CT molecular complexity index is 867. The summed E-state index contributed by atoms with van der Waals surface area (Å²) in [5, 5.41) is 0.790. The van der Waals surface area contributed by atoms with Crippen molar-refractivity contribution >= 4 is 29.3 Å². The predicted molar refractivity (Wildman–Crippen MR) is 115 cm³/mol. The summed E-state index contributed by atoms with van der Waals surface area (Å²) in [5.74, 6) is 0.145. The minimum absolute atomic E-state index is 0.145. The van der Waals surface area contributed by atoms with E-state index in [0.717, 1.165) is 62.0 Å². The first-order chi connectivity index (χ1) is 13.6. The maximum absolute atomic E-state index is 12.8. The van der Waals surface area contributed by atoms with Crippen LogP contribution in [0.1, 0.15) is 22.5 Å². The number of aromatic nitrogens is 1. The largest absolute Gasteiger partial charge is 0.369 e. The van der Waals surface area contributed by atoms with Crippen LogP contribution in [0.2, 0.25) is 5.02 Å². The molecule has 1 saturated heterocycles. The quantitative estimate of drug-likeness (QED) is 0.774. The van der Waals surface area contributed by atoms with Crippen LogP contribution in [0.3, 0.4) is 0 Å². The van der Waals surface area contributed by atoms with Crippen molar-refractivity contribution in [2.24, 2.45) is 7.05 Å². The molecule has 5 nitrogen and oxygen atoms in total. The summed E-state index contributed by atoms with van der Waals surface area (Å²) in [4.78, 5) is 19.6. The van der Waals surface area contributed by atoms with E-state index in [1.54, 1.807) is 0 Å². The van der Waals surface area contributed by atoms with Gasteiger partial charge in [0.25, 0.3) is 5.91 Å². The number of fused-ring (bicyclic) bond motifs is 1. The number of anilines is 1. The van der Waals surface area contributed by atoms with E-state index in [0.29, 0.717) is 6.54 Å². The van der Waals surface area contributed by atoms with Gasteiger partial charge in [0.15, 0.2) is 0 Å². The van der Waals surface area contributed by atoms with Gasteiger partial charge in [-0.15, -0.1) is 0 Å². The second-order valence-corrected chi connectivity index (χ2v) is 7.98. The standard InChI is InChI=1S/C22H27ClN4O/c1-24-12-8-20-21(24)7-3-10-27(22(20)28)11-4-9-25-13-15-26(16-14-25)19-6-2-5-18(23)17-19/h2-3,5-8,12,17H,4,9-11,13-16H2,1H3. The molecule has 1 aromatic carbocycles. The van der Waals surface area contributed by atoms with Gasteiger partial charge in [-0.3, -0.25) is 9.69 Å². The number of piperazine rings is 1. The molecule has 4 rings (SSSR count). The number of carbonyl (C=O) groups is 1. The SMILES string of the molecule is Cn1ccc2c1C=CCN(CCCN1CCN(c3cccc(Cl)c3)CC1)C2=O. The maximum Gasteiger partial charge on any atom is 0.256 e. The van der Waals surface area contributed by atoms with E-state index in [-0.39, 0.29) is 5.91 Å². The van der Waals surface area contributed by atoms with Gasteiger partial charge in [-0.05, 0) is 43.3 Å². The van der Waals surface area contributed by atoms with E-state index in [1.807, 2.05) is 47.0 Å². The van der Waals surface area contributed by atoms with Gasteiger partial charge in [0.05, 0.1) is 11.3 Å². The van der Waals surface area contributed by atoms with Crippen LogP contribution in [-0.4, -0.2) is 66.1 Å². The fraction of sp³-hybridized carbons (Fsp3) is 0.409. The van der Waals surface area contributed by atoms with Crippen molar-refractivity contribution in [2.45, 2.75) is 6.42 Å². The number of hydrogen-bond acceptors (Lipinski definition) is 3. The van der Waals surface area contributed by atoms with Gasteiger partial charge in [0.1, 0.15) is 0 Å². The van der Waals surface area contributed by atoms with E-state index in [1.165, 1.54) is 5.69 Å². The van der Waals surface area contributed by atoms with E-state index in [2.05, 4.69) is 28.0 Å². The topological polar surface area (TPSA) is 31.7 Å².